The molecule has 1 aliphatic rings. The van der Waals surface area contributed by atoms with Gasteiger partial charge in [0.1, 0.15) is 0 Å². The molecule has 1 aliphatic carbocycles. The predicted octanol–water partition coefficient (Wildman–Crippen LogP) is 4.04. The van der Waals surface area contributed by atoms with Gasteiger partial charge in [-0.2, -0.15) is 0 Å². The molecule has 4 heteroatoms. The van der Waals surface area contributed by atoms with Gasteiger partial charge in [-0.05, 0) is 6.92 Å². The van der Waals surface area contributed by atoms with Gasteiger partial charge in [0.2, 0.25) is 0 Å². The van der Waals surface area contributed by atoms with Gasteiger partial charge >= 0.3 is 109 Å². The van der Waals surface area contributed by atoms with Crippen molar-refractivity contribution < 1.29 is 29.6 Å². The summed E-state index contributed by atoms with van der Waals surface area (Å²) in [5.74, 6) is 0. The van der Waals surface area contributed by atoms with Gasteiger partial charge in [0.15, 0.2) is 0 Å². The van der Waals surface area contributed by atoms with E-state index < -0.39 is 0 Å². The van der Waals surface area contributed by atoms with Crippen molar-refractivity contribution >= 4 is 10.7 Å². The standard InChI is InChI=1S/C11H12O.C6H7.2CO.Mn/c1-2-12-10-6-9-11-7-4-3-5-8-11;1-6-4-2-3-5-6;2*1-2;/h3-9H,2H2,1H3;2-5H,1H3;;;/b9-6+;;;;. The fourth-order valence-corrected chi connectivity index (χ4v) is 1.65. The van der Waals surface area contributed by atoms with Gasteiger partial charge in [-0.25, -0.2) is 0 Å². The van der Waals surface area contributed by atoms with Crippen LogP contribution in [0.5, 0.6) is 0 Å². The first-order chi connectivity index (χ1) is 11.2. The van der Waals surface area contributed by atoms with Crippen molar-refractivity contribution in [3.8, 4) is 0 Å². The molecule has 2 rings (SSSR count). The summed E-state index contributed by atoms with van der Waals surface area (Å²) in [4.78, 5) is 0. The molecule has 0 aromatic heterocycles. The molecule has 0 amide bonds. The van der Waals surface area contributed by atoms with Gasteiger partial charge in [-0.15, -0.1) is 0 Å². The summed E-state index contributed by atoms with van der Waals surface area (Å²) in [6.45, 7) is 13.7. The van der Waals surface area contributed by atoms with E-state index in [0.29, 0.717) is 6.61 Å². The molecule has 0 atom stereocenters. The molecular formula is C19H19MnO3. The second-order valence-electron chi connectivity index (χ2n) is 3.94. The first-order valence-corrected chi connectivity index (χ1v) is 7.29. The average molecular weight is 350 g/mol. The number of ether oxygens (including phenoxy) is 1. The van der Waals surface area contributed by atoms with Crippen LogP contribution in [0, 0.1) is 19.7 Å². The summed E-state index contributed by atoms with van der Waals surface area (Å²) in [5.41, 5.74) is 2.51. The third-order valence-corrected chi connectivity index (χ3v) is 2.69. The van der Waals surface area contributed by atoms with E-state index in [1.807, 2.05) is 61.9 Å². The molecule has 1 aromatic carbocycles. The van der Waals surface area contributed by atoms with E-state index in [-0.39, 0.29) is 0 Å². The van der Waals surface area contributed by atoms with Gasteiger partial charge in [-0.1, -0.05) is 23.8 Å². The van der Waals surface area contributed by atoms with Crippen LogP contribution < -0.4 is 0 Å². The Morgan fingerprint density at radius 3 is 2.17 bits per heavy atom. The number of hydrogen-bond donors (Lipinski definition) is 0. The van der Waals surface area contributed by atoms with Crippen LogP contribution in [-0.2, 0) is 29.6 Å². The second-order valence-corrected chi connectivity index (χ2v) is 4.53. The van der Waals surface area contributed by atoms with Crippen molar-refractivity contribution in [1.29, 1.82) is 0 Å². The fraction of sp³-hybridized carbons (Fsp3) is 0.158. The van der Waals surface area contributed by atoms with E-state index in [1.165, 1.54) is 11.1 Å². The van der Waals surface area contributed by atoms with Crippen molar-refractivity contribution in [1.82, 2.24) is 0 Å². The van der Waals surface area contributed by atoms with Gasteiger partial charge < -0.3 is 0 Å². The quantitative estimate of drug-likeness (QED) is 0.459. The summed E-state index contributed by atoms with van der Waals surface area (Å²) < 4.78 is 21.0. The Kier molecular flexibility index (Phi) is 18.7. The van der Waals surface area contributed by atoms with Crippen molar-refractivity contribution in [2.24, 2.45) is 0 Å². The summed E-state index contributed by atoms with van der Waals surface area (Å²) in [5, 5.41) is 0. The molecule has 0 unspecified atom stereocenters. The molecule has 0 aliphatic heterocycles. The number of benzene rings is 1. The molecule has 1 aromatic rings. The van der Waals surface area contributed by atoms with Crippen LogP contribution in [0.25, 0.3) is 6.08 Å². The summed E-state index contributed by atoms with van der Waals surface area (Å²) in [6, 6.07) is 10.1. The monoisotopic (exact) mass is 350 g/mol. The second kappa shape index (κ2) is 18.3. The normalized spacial score (nSPS) is 11.0. The van der Waals surface area contributed by atoms with Crippen LogP contribution in [0.3, 0.4) is 0 Å². The minimum absolute atomic E-state index is 0.680. The van der Waals surface area contributed by atoms with Gasteiger partial charge in [-0.3, -0.25) is 0 Å². The van der Waals surface area contributed by atoms with E-state index in [0.717, 1.165) is 4.60 Å². The summed E-state index contributed by atoms with van der Waals surface area (Å²) in [7, 11) is 0. The van der Waals surface area contributed by atoms with E-state index in [9.17, 15) is 0 Å². The van der Waals surface area contributed by atoms with E-state index in [2.05, 4.69) is 48.0 Å². The zero-order valence-corrected chi connectivity index (χ0v) is 14.3. The molecule has 0 saturated carbocycles. The van der Waals surface area contributed by atoms with E-state index in [4.69, 9.17) is 14.0 Å². The topological polar surface area (TPSA) is 49.0 Å². The van der Waals surface area contributed by atoms with Crippen molar-refractivity contribution in [3.63, 3.8) is 0 Å². The molecule has 0 spiro atoms. The zero-order valence-electron chi connectivity index (χ0n) is 13.2. The third-order valence-electron chi connectivity index (χ3n) is 2.32. The van der Waals surface area contributed by atoms with Crippen LogP contribution in [0.15, 0.2) is 60.2 Å². The van der Waals surface area contributed by atoms with Crippen LogP contribution in [0.2, 0.25) is 0 Å². The molecule has 0 bridgehead atoms. The molecule has 3 nitrogen and oxygen atoms in total. The van der Waals surface area contributed by atoms with Crippen LogP contribution >= 0.6 is 0 Å². The minimum atomic E-state index is 0.680. The van der Waals surface area contributed by atoms with E-state index >= 15 is 0 Å². The molecule has 0 saturated heterocycles. The molecule has 0 fully saturated rings. The van der Waals surface area contributed by atoms with Crippen LogP contribution in [0.4, 0.5) is 0 Å². The molecule has 120 valence electrons. The van der Waals surface area contributed by atoms with E-state index in [1.54, 1.807) is 0 Å². The molecular weight excluding hydrogens is 331 g/mol. The third kappa shape index (κ3) is 15.0. The average Bonchev–Trinajstić information content (AvgIpc) is 3.09. The van der Waals surface area contributed by atoms with Crippen LogP contribution in [-0.4, -0.2) is 11.2 Å². The van der Waals surface area contributed by atoms with Crippen molar-refractivity contribution in [2.45, 2.75) is 13.8 Å². The Bertz CT molecular complexity index is 543. The Labute approximate surface area is 146 Å². The van der Waals surface area contributed by atoms with Gasteiger partial charge in [0, 0.05) is 6.42 Å². The predicted molar refractivity (Wildman–Crippen MR) is 87.2 cm³/mol. The number of allylic oxidation sites excluding steroid dienone is 4. The Morgan fingerprint density at radius 2 is 1.78 bits per heavy atom. The molecule has 0 N–H and O–H groups in total. The maximum atomic E-state index is 7.50. The summed E-state index contributed by atoms with van der Waals surface area (Å²) >= 11 is 3.30. The first kappa shape index (κ1) is 23.5. The first-order valence-electron chi connectivity index (χ1n) is 6.70. The molecule has 0 heterocycles. The molecule has 1 radical (unpaired) electrons. The Morgan fingerprint density at radius 1 is 1.17 bits per heavy atom. The summed E-state index contributed by atoms with van der Waals surface area (Å²) in [6.07, 6.45) is 12.1. The van der Waals surface area contributed by atoms with Crippen LogP contribution in [0.1, 0.15) is 19.4 Å². The van der Waals surface area contributed by atoms with Gasteiger partial charge in [0.05, 0.1) is 0 Å². The Hall–Kier alpha value is -1.73. The van der Waals surface area contributed by atoms with Crippen molar-refractivity contribution in [2.75, 3.05) is 6.61 Å². The zero-order chi connectivity index (χ0) is 17.9. The fourth-order valence-electron chi connectivity index (χ4n) is 1.38. The number of rotatable bonds is 4. The Balaban J connectivity index is 0. The SMILES string of the molecule is CC1=C[CH]C=C1.CCO[C](=[Mn])/C=C/c1ccccc1.[C-]#[O+].[C-]#[O+]. The van der Waals surface area contributed by atoms with Gasteiger partial charge in [0.25, 0.3) is 0 Å². The van der Waals surface area contributed by atoms with Crippen molar-refractivity contribution in [3.05, 3.63) is 85.5 Å². The number of hydrogen-bond acceptors (Lipinski definition) is 1. The maximum absolute atomic E-state index is 7.50. The molecule has 23 heavy (non-hydrogen) atoms.